The van der Waals surface area contributed by atoms with Crippen molar-refractivity contribution in [2.24, 2.45) is 0 Å². The zero-order valence-corrected chi connectivity index (χ0v) is 11.7. The first kappa shape index (κ1) is 13.9. The predicted molar refractivity (Wildman–Crippen MR) is 78.8 cm³/mol. The van der Waals surface area contributed by atoms with Crippen LogP contribution >= 0.6 is 0 Å². The van der Waals surface area contributed by atoms with Crippen molar-refractivity contribution >= 4 is 11.7 Å². The Bertz CT molecular complexity index is 815. The smallest absolute Gasteiger partial charge is 0.279 e. The van der Waals surface area contributed by atoms with E-state index in [4.69, 9.17) is 4.52 Å². The topological polar surface area (TPSA) is 68.0 Å². The van der Waals surface area contributed by atoms with E-state index in [1.54, 1.807) is 43.5 Å². The molecule has 0 unspecified atom stereocenters. The lowest BCUT2D eigenvalue weighted by Crippen LogP contribution is -2.12. The molecule has 0 aliphatic carbocycles. The Kier molecular flexibility index (Phi) is 3.65. The maximum absolute atomic E-state index is 13.6. The SMILES string of the molecule is Cc1ccc(-c2cc(C(=O)Nc3ccccn3)no2)cc1F. The number of anilines is 1. The fourth-order valence-electron chi connectivity index (χ4n) is 1.88. The molecule has 2 heterocycles. The van der Waals surface area contributed by atoms with E-state index in [2.05, 4.69) is 15.5 Å². The number of pyridine rings is 1. The van der Waals surface area contributed by atoms with Crippen LogP contribution in [0.1, 0.15) is 16.1 Å². The molecular weight excluding hydrogens is 285 g/mol. The Balaban J connectivity index is 1.81. The minimum absolute atomic E-state index is 0.0987. The largest absolute Gasteiger partial charge is 0.355 e. The summed E-state index contributed by atoms with van der Waals surface area (Å²) in [6.45, 7) is 1.67. The molecule has 1 amide bonds. The number of nitrogens with one attached hydrogen (secondary N) is 1. The lowest BCUT2D eigenvalue weighted by molar-refractivity contribution is 0.101. The Morgan fingerprint density at radius 2 is 2.09 bits per heavy atom. The first-order chi connectivity index (χ1) is 10.6. The summed E-state index contributed by atoms with van der Waals surface area (Å²) in [4.78, 5) is 16.0. The monoisotopic (exact) mass is 297 g/mol. The van der Waals surface area contributed by atoms with Crippen LogP contribution in [0.25, 0.3) is 11.3 Å². The van der Waals surface area contributed by atoms with Gasteiger partial charge in [-0.3, -0.25) is 4.79 Å². The number of amides is 1. The molecule has 6 heteroatoms. The molecule has 0 aliphatic heterocycles. The molecule has 1 aromatic carbocycles. The standard InChI is InChI=1S/C16H12FN3O2/c1-10-5-6-11(8-12(10)17)14-9-13(20-22-14)16(21)19-15-4-2-3-7-18-15/h2-9H,1H3,(H,18,19,21). The van der Waals surface area contributed by atoms with E-state index in [-0.39, 0.29) is 11.5 Å². The van der Waals surface area contributed by atoms with Crippen molar-refractivity contribution in [3.63, 3.8) is 0 Å². The summed E-state index contributed by atoms with van der Waals surface area (Å²) in [5.41, 5.74) is 1.16. The van der Waals surface area contributed by atoms with E-state index in [0.717, 1.165) is 0 Å². The highest BCUT2D eigenvalue weighted by Gasteiger charge is 2.15. The van der Waals surface area contributed by atoms with Crippen LogP contribution in [0, 0.1) is 12.7 Å². The van der Waals surface area contributed by atoms with Gasteiger partial charge in [0, 0.05) is 17.8 Å². The molecule has 1 N–H and O–H groups in total. The van der Waals surface area contributed by atoms with Gasteiger partial charge in [-0.15, -0.1) is 0 Å². The zero-order valence-electron chi connectivity index (χ0n) is 11.7. The van der Waals surface area contributed by atoms with E-state index in [9.17, 15) is 9.18 Å². The number of benzene rings is 1. The molecule has 0 radical (unpaired) electrons. The number of hydrogen-bond acceptors (Lipinski definition) is 4. The number of aryl methyl sites for hydroxylation is 1. The van der Waals surface area contributed by atoms with Crippen LogP contribution < -0.4 is 5.32 Å². The molecule has 3 aromatic rings. The molecule has 0 aliphatic rings. The van der Waals surface area contributed by atoms with Crippen molar-refractivity contribution in [3.8, 4) is 11.3 Å². The number of carbonyl (C=O) groups excluding carboxylic acids is 1. The Morgan fingerprint density at radius 1 is 1.23 bits per heavy atom. The highest BCUT2D eigenvalue weighted by molar-refractivity contribution is 6.02. The minimum Gasteiger partial charge on any atom is -0.355 e. The van der Waals surface area contributed by atoms with E-state index in [1.165, 1.54) is 12.1 Å². The van der Waals surface area contributed by atoms with Gasteiger partial charge in [0.1, 0.15) is 11.6 Å². The molecule has 110 valence electrons. The zero-order chi connectivity index (χ0) is 15.5. The summed E-state index contributed by atoms with van der Waals surface area (Å²) in [5, 5.41) is 6.30. The summed E-state index contributed by atoms with van der Waals surface area (Å²) in [6, 6.07) is 11.3. The van der Waals surface area contributed by atoms with Crippen molar-refractivity contribution in [2.45, 2.75) is 6.92 Å². The van der Waals surface area contributed by atoms with Gasteiger partial charge >= 0.3 is 0 Å². The number of halogens is 1. The molecule has 0 bridgehead atoms. The highest BCUT2D eigenvalue weighted by atomic mass is 19.1. The van der Waals surface area contributed by atoms with Crippen molar-refractivity contribution in [2.75, 3.05) is 5.32 Å². The molecule has 5 nitrogen and oxygen atoms in total. The van der Waals surface area contributed by atoms with Crippen molar-refractivity contribution < 1.29 is 13.7 Å². The minimum atomic E-state index is -0.443. The van der Waals surface area contributed by atoms with Gasteiger partial charge in [0.25, 0.3) is 5.91 Å². The summed E-state index contributed by atoms with van der Waals surface area (Å²) >= 11 is 0. The number of hydrogen-bond donors (Lipinski definition) is 1. The number of nitrogens with zero attached hydrogens (tertiary/aromatic N) is 2. The van der Waals surface area contributed by atoms with Gasteiger partial charge in [0.05, 0.1) is 0 Å². The van der Waals surface area contributed by atoms with E-state index in [1.807, 2.05) is 0 Å². The molecule has 0 atom stereocenters. The van der Waals surface area contributed by atoms with Gasteiger partial charge in [-0.25, -0.2) is 9.37 Å². The van der Waals surface area contributed by atoms with Crippen LogP contribution in [0.3, 0.4) is 0 Å². The first-order valence-electron chi connectivity index (χ1n) is 6.59. The molecule has 2 aromatic heterocycles. The maximum Gasteiger partial charge on any atom is 0.279 e. The van der Waals surface area contributed by atoms with Gasteiger partial charge in [0.15, 0.2) is 11.5 Å². The molecule has 3 rings (SSSR count). The number of aromatic nitrogens is 2. The molecule has 0 saturated carbocycles. The van der Waals surface area contributed by atoms with Gasteiger partial charge in [-0.2, -0.15) is 0 Å². The van der Waals surface area contributed by atoms with Crippen molar-refractivity contribution in [1.82, 2.24) is 10.1 Å². The van der Waals surface area contributed by atoms with Gasteiger partial charge < -0.3 is 9.84 Å². The summed E-state index contributed by atoms with van der Waals surface area (Å²) in [7, 11) is 0. The van der Waals surface area contributed by atoms with Crippen molar-refractivity contribution in [1.29, 1.82) is 0 Å². The third kappa shape index (κ3) is 2.85. The molecule has 0 spiro atoms. The molecule has 22 heavy (non-hydrogen) atoms. The Labute approximate surface area is 125 Å². The van der Waals surface area contributed by atoms with Crippen LogP contribution in [-0.2, 0) is 0 Å². The Morgan fingerprint density at radius 3 is 2.82 bits per heavy atom. The van der Waals surface area contributed by atoms with Crippen LogP contribution in [0.2, 0.25) is 0 Å². The average Bonchev–Trinajstić information content (AvgIpc) is 3.01. The fraction of sp³-hybridized carbons (Fsp3) is 0.0625. The van der Waals surface area contributed by atoms with Gasteiger partial charge in [-0.1, -0.05) is 23.4 Å². The molecule has 0 saturated heterocycles. The predicted octanol–water partition coefficient (Wildman–Crippen LogP) is 3.44. The molecule has 0 fully saturated rings. The summed E-state index contributed by atoms with van der Waals surface area (Å²) < 4.78 is 18.7. The highest BCUT2D eigenvalue weighted by Crippen LogP contribution is 2.22. The first-order valence-corrected chi connectivity index (χ1v) is 6.59. The van der Waals surface area contributed by atoms with Gasteiger partial charge in [-0.05, 0) is 30.7 Å². The third-order valence-electron chi connectivity index (χ3n) is 3.11. The van der Waals surface area contributed by atoms with E-state index < -0.39 is 5.91 Å². The maximum atomic E-state index is 13.6. The second-order valence-corrected chi connectivity index (χ2v) is 4.71. The number of rotatable bonds is 3. The van der Waals surface area contributed by atoms with Crippen LogP contribution in [-0.4, -0.2) is 16.0 Å². The number of carbonyl (C=O) groups is 1. The lowest BCUT2D eigenvalue weighted by Gasteiger charge is -2.00. The third-order valence-corrected chi connectivity index (χ3v) is 3.11. The van der Waals surface area contributed by atoms with E-state index >= 15 is 0 Å². The fourth-order valence-corrected chi connectivity index (χ4v) is 1.88. The van der Waals surface area contributed by atoms with Crippen LogP contribution in [0.15, 0.2) is 53.2 Å². The molecular formula is C16H12FN3O2. The van der Waals surface area contributed by atoms with Gasteiger partial charge in [0.2, 0.25) is 0 Å². The van der Waals surface area contributed by atoms with Crippen LogP contribution in [0.5, 0.6) is 0 Å². The van der Waals surface area contributed by atoms with Crippen molar-refractivity contribution in [3.05, 3.63) is 65.7 Å². The summed E-state index contributed by atoms with van der Waals surface area (Å²) in [5.74, 6) is -0.0434. The second-order valence-electron chi connectivity index (χ2n) is 4.71. The normalized spacial score (nSPS) is 10.5. The lowest BCUT2D eigenvalue weighted by atomic mass is 10.1. The second kappa shape index (κ2) is 5.77. The van der Waals surface area contributed by atoms with Crippen LogP contribution in [0.4, 0.5) is 10.2 Å². The van der Waals surface area contributed by atoms with E-state index in [0.29, 0.717) is 22.7 Å². The average molecular weight is 297 g/mol. The summed E-state index contributed by atoms with van der Waals surface area (Å²) in [6.07, 6.45) is 1.57. The quantitative estimate of drug-likeness (QED) is 0.804. The Hall–Kier alpha value is -3.02.